The van der Waals surface area contributed by atoms with Crippen LogP contribution < -0.4 is 15.0 Å². The molecule has 3 saturated heterocycles. The fraction of sp³-hybridized carbons (Fsp3) is 0.667. The van der Waals surface area contributed by atoms with Crippen LogP contribution in [0.4, 0.5) is 5.69 Å². The van der Waals surface area contributed by atoms with Gasteiger partial charge in [0.2, 0.25) is 0 Å². The Labute approximate surface area is 142 Å². The van der Waals surface area contributed by atoms with Gasteiger partial charge in [-0.2, -0.15) is 0 Å². The third-order valence-electron chi connectivity index (χ3n) is 5.41. The maximum atomic E-state index is 9.83. The van der Waals surface area contributed by atoms with Gasteiger partial charge in [-0.1, -0.05) is 0 Å². The number of hydrogen-bond acceptors (Lipinski definition) is 6. The van der Waals surface area contributed by atoms with Crippen molar-refractivity contribution >= 4 is 5.69 Å². The molecule has 0 aliphatic carbocycles. The first-order valence-electron chi connectivity index (χ1n) is 8.81. The molecule has 3 aliphatic rings. The molecule has 0 amide bonds. The third-order valence-corrected chi connectivity index (χ3v) is 5.41. The van der Waals surface area contributed by atoms with Crippen LogP contribution >= 0.6 is 0 Å². The second-order valence-corrected chi connectivity index (χ2v) is 6.90. The van der Waals surface area contributed by atoms with Crippen LogP contribution in [0.5, 0.6) is 5.75 Å². The average Bonchev–Trinajstić information content (AvgIpc) is 3.19. The van der Waals surface area contributed by atoms with Crippen molar-refractivity contribution < 1.29 is 19.3 Å². The van der Waals surface area contributed by atoms with Gasteiger partial charge in [0.05, 0.1) is 26.4 Å². The normalized spacial score (nSPS) is 33.7. The van der Waals surface area contributed by atoms with Gasteiger partial charge in [0.1, 0.15) is 24.1 Å². The number of aliphatic hydroxyl groups excluding tert-OH is 1. The Balaban J connectivity index is 1.28. The van der Waals surface area contributed by atoms with Crippen LogP contribution in [-0.4, -0.2) is 68.9 Å². The summed E-state index contributed by atoms with van der Waals surface area (Å²) in [7, 11) is 1.69. The van der Waals surface area contributed by atoms with E-state index in [0.717, 1.165) is 31.7 Å². The molecule has 24 heavy (non-hydrogen) atoms. The summed E-state index contributed by atoms with van der Waals surface area (Å²) < 4.78 is 16.6. The Hall–Kier alpha value is -1.34. The van der Waals surface area contributed by atoms with E-state index in [2.05, 4.69) is 22.3 Å². The number of nitrogens with zero attached hydrogens (tertiary/aromatic N) is 1. The Morgan fingerprint density at radius 3 is 2.50 bits per heavy atom. The minimum absolute atomic E-state index is 0.000354. The molecule has 3 aliphatic heterocycles. The number of rotatable bonds is 4. The zero-order chi connectivity index (χ0) is 16.5. The maximum absolute atomic E-state index is 9.83. The second kappa shape index (κ2) is 6.88. The van der Waals surface area contributed by atoms with Crippen LogP contribution in [-0.2, 0) is 9.47 Å². The van der Waals surface area contributed by atoms with E-state index in [1.807, 2.05) is 12.1 Å². The smallest absolute Gasteiger partial charge is 0.119 e. The first-order chi connectivity index (χ1) is 11.7. The summed E-state index contributed by atoms with van der Waals surface area (Å²) >= 11 is 0. The minimum atomic E-state index is -0.473. The topological polar surface area (TPSA) is 63.2 Å². The molecular weight excluding hydrogens is 308 g/mol. The largest absolute Gasteiger partial charge is 0.497 e. The summed E-state index contributed by atoms with van der Waals surface area (Å²) in [5, 5.41) is 13.5. The van der Waals surface area contributed by atoms with Gasteiger partial charge in [0, 0.05) is 24.8 Å². The number of hydrogen-bond donors (Lipinski definition) is 2. The third kappa shape index (κ3) is 3.11. The van der Waals surface area contributed by atoms with Gasteiger partial charge in [-0.15, -0.1) is 0 Å². The highest BCUT2D eigenvalue weighted by Crippen LogP contribution is 2.28. The molecule has 0 spiro atoms. The molecule has 2 N–H and O–H groups in total. The lowest BCUT2D eigenvalue weighted by Gasteiger charge is -2.35. The standard InChI is InChI=1S/C18H26N2O4/c1-22-14-4-2-13(3-5-14)20-8-6-12(7-9-20)19-15-10-23-18-16(21)11-24-17(15)18/h2-5,12,15-19,21H,6-11H2,1H3/t15-,16+,17+,18+/m0/s1. The maximum Gasteiger partial charge on any atom is 0.119 e. The van der Waals surface area contributed by atoms with E-state index < -0.39 is 6.10 Å². The number of fused-ring (bicyclic) bond motifs is 1. The van der Waals surface area contributed by atoms with E-state index in [0.29, 0.717) is 19.3 Å². The van der Waals surface area contributed by atoms with Gasteiger partial charge in [0.15, 0.2) is 0 Å². The number of methoxy groups -OCH3 is 1. The summed E-state index contributed by atoms with van der Waals surface area (Å²) in [6.45, 7) is 3.10. The molecule has 3 fully saturated rings. The average molecular weight is 334 g/mol. The second-order valence-electron chi connectivity index (χ2n) is 6.90. The van der Waals surface area contributed by atoms with Crippen molar-refractivity contribution in [2.45, 2.75) is 43.2 Å². The number of nitrogens with one attached hydrogen (secondary N) is 1. The molecule has 4 rings (SSSR count). The quantitative estimate of drug-likeness (QED) is 0.849. The lowest BCUT2D eigenvalue weighted by molar-refractivity contribution is 0.0176. The lowest BCUT2D eigenvalue weighted by Crippen LogP contribution is -2.50. The van der Waals surface area contributed by atoms with Crippen LogP contribution in [0.15, 0.2) is 24.3 Å². The van der Waals surface area contributed by atoms with Gasteiger partial charge in [-0.3, -0.25) is 0 Å². The number of piperidine rings is 1. The summed E-state index contributed by atoms with van der Waals surface area (Å²) in [5.41, 5.74) is 1.25. The Kier molecular flexibility index (Phi) is 4.63. The van der Waals surface area contributed by atoms with Crippen LogP contribution in [0.2, 0.25) is 0 Å². The van der Waals surface area contributed by atoms with Crippen LogP contribution in [0.3, 0.4) is 0 Å². The molecule has 1 aromatic carbocycles. The molecule has 3 heterocycles. The van der Waals surface area contributed by atoms with Gasteiger partial charge in [-0.05, 0) is 37.1 Å². The lowest BCUT2D eigenvalue weighted by atomic mass is 10.0. The Bertz CT molecular complexity index is 544. The molecule has 6 nitrogen and oxygen atoms in total. The summed E-state index contributed by atoms with van der Waals surface area (Å²) in [4.78, 5) is 2.42. The molecule has 6 heteroatoms. The number of ether oxygens (including phenoxy) is 3. The van der Waals surface area contributed by atoms with Gasteiger partial charge in [0.25, 0.3) is 0 Å². The predicted octanol–water partition coefficient (Wildman–Crippen LogP) is 0.781. The highest BCUT2D eigenvalue weighted by atomic mass is 16.6. The van der Waals surface area contributed by atoms with Crippen LogP contribution in [0.1, 0.15) is 12.8 Å². The van der Waals surface area contributed by atoms with Crippen molar-refractivity contribution in [3.63, 3.8) is 0 Å². The molecule has 1 aromatic rings. The number of benzene rings is 1. The molecule has 0 unspecified atom stereocenters. The molecule has 132 valence electrons. The van der Waals surface area contributed by atoms with Crippen LogP contribution in [0.25, 0.3) is 0 Å². The summed E-state index contributed by atoms with van der Waals surface area (Å²) in [6, 6.07) is 8.94. The van der Waals surface area contributed by atoms with Crippen LogP contribution in [0, 0.1) is 0 Å². The zero-order valence-corrected chi connectivity index (χ0v) is 14.1. The SMILES string of the molecule is COc1ccc(N2CCC(N[C@H]3CO[C@H]4[C@@H]3OC[C@H]4O)CC2)cc1. The van der Waals surface area contributed by atoms with Crippen molar-refractivity contribution in [2.75, 3.05) is 38.3 Å². The van der Waals surface area contributed by atoms with E-state index in [-0.39, 0.29) is 18.2 Å². The first kappa shape index (κ1) is 16.1. The van der Waals surface area contributed by atoms with Crippen molar-refractivity contribution in [1.29, 1.82) is 0 Å². The molecule has 0 bridgehead atoms. The van der Waals surface area contributed by atoms with E-state index in [1.54, 1.807) is 7.11 Å². The number of anilines is 1. The van der Waals surface area contributed by atoms with Gasteiger partial charge >= 0.3 is 0 Å². The monoisotopic (exact) mass is 334 g/mol. The van der Waals surface area contributed by atoms with Gasteiger partial charge < -0.3 is 29.5 Å². The minimum Gasteiger partial charge on any atom is -0.497 e. The molecule has 0 radical (unpaired) electrons. The summed E-state index contributed by atoms with van der Waals surface area (Å²) in [5.74, 6) is 0.893. The van der Waals surface area contributed by atoms with E-state index in [9.17, 15) is 5.11 Å². The molecular formula is C18H26N2O4. The van der Waals surface area contributed by atoms with Crippen molar-refractivity contribution in [3.05, 3.63) is 24.3 Å². The van der Waals surface area contributed by atoms with E-state index in [1.165, 1.54) is 5.69 Å². The zero-order valence-electron chi connectivity index (χ0n) is 14.1. The molecule has 0 aromatic heterocycles. The van der Waals surface area contributed by atoms with Crippen molar-refractivity contribution in [3.8, 4) is 5.75 Å². The predicted molar refractivity (Wildman–Crippen MR) is 90.6 cm³/mol. The Morgan fingerprint density at radius 1 is 1.08 bits per heavy atom. The number of aliphatic hydroxyl groups is 1. The molecule has 0 saturated carbocycles. The van der Waals surface area contributed by atoms with Crippen molar-refractivity contribution in [1.82, 2.24) is 5.32 Å². The molecule has 4 atom stereocenters. The fourth-order valence-corrected chi connectivity index (χ4v) is 4.02. The Morgan fingerprint density at radius 2 is 1.79 bits per heavy atom. The highest BCUT2D eigenvalue weighted by Gasteiger charge is 2.47. The summed E-state index contributed by atoms with van der Waals surface area (Å²) in [6.07, 6.45) is 1.57. The van der Waals surface area contributed by atoms with Gasteiger partial charge in [-0.25, -0.2) is 0 Å². The van der Waals surface area contributed by atoms with E-state index >= 15 is 0 Å². The fourth-order valence-electron chi connectivity index (χ4n) is 4.02. The highest BCUT2D eigenvalue weighted by molar-refractivity contribution is 5.49. The first-order valence-corrected chi connectivity index (χ1v) is 8.81. The van der Waals surface area contributed by atoms with Crippen molar-refractivity contribution in [2.24, 2.45) is 0 Å². The van der Waals surface area contributed by atoms with E-state index in [4.69, 9.17) is 14.2 Å².